The maximum Gasteiger partial charge on any atom is 0.228 e. The Bertz CT molecular complexity index is 668. The molecule has 0 spiro atoms. The third-order valence-electron chi connectivity index (χ3n) is 4.50. The number of anilines is 1. The van der Waals surface area contributed by atoms with Gasteiger partial charge in [0.15, 0.2) is 5.13 Å². The average molecular weight is 329 g/mol. The molecular formula is C18H23N3OS. The first-order valence-electron chi connectivity index (χ1n) is 8.24. The Morgan fingerprint density at radius 1 is 1.43 bits per heavy atom. The van der Waals surface area contributed by atoms with Gasteiger partial charge in [0, 0.05) is 17.3 Å². The van der Waals surface area contributed by atoms with Gasteiger partial charge in [0.1, 0.15) is 0 Å². The molecule has 3 rings (SSSR count). The van der Waals surface area contributed by atoms with Gasteiger partial charge in [-0.2, -0.15) is 0 Å². The zero-order chi connectivity index (χ0) is 16.2. The monoisotopic (exact) mass is 329 g/mol. The number of benzene rings is 1. The molecule has 1 aromatic carbocycles. The van der Waals surface area contributed by atoms with Crippen LogP contribution in [0.2, 0.25) is 0 Å². The second-order valence-electron chi connectivity index (χ2n) is 6.18. The van der Waals surface area contributed by atoms with Crippen LogP contribution in [0.4, 0.5) is 5.13 Å². The lowest BCUT2D eigenvalue weighted by atomic mass is 9.89. The van der Waals surface area contributed by atoms with Gasteiger partial charge in [0.05, 0.1) is 5.69 Å². The van der Waals surface area contributed by atoms with Gasteiger partial charge in [-0.3, -0.25) is 4.79 Å². The minimum Gasteiger partial charge on any atom is -0.324 e. The van der Waals surface area contributed by atoms with E-state index in [0.717, 1.165) is 29.5 Å². The average Bonchev–Trinajstić information content (AvgIpc) is 2.96. The van der Waals surface area contributed by atoms with Crippen molar-refractivity contribution >= 4 is 22.4 Å². The van der Waals surface area contributed by atoms with Crippen LogP contribution in [0.25, 0.3) is 0 Å². The molecule has 1 amide bonds. The predicted molar refractivity (Wildman–Crippen MR) is 94.5 cm³/mol. The second kappa shape index (κ2) is 7.23. The fourth-order valence-corrected chi connectivity index (χ4v) is 4.17. The molecule has 0 saturated carbocycles. The van der Waals surface area contributed by atoms with E-state index in [0.29, 0.717) is 0 Å². The number of aryl methyl sites for hydroxylation is 1. The summed E-state index contributed by atoms with van der Waals surface area (Å²) in [4.78, 5) is 18.1. The fraction of sp³-hybridized carbons (Fsp3) is 0.444. The van der Waals surface area contributed by atoms with Crippen molar-refractivity contribution in [3.63, 3.8) is 0 Å². The number of carbonyl (C=O) groups excluding carboxylic acids is 1. The summed E-state index contributed by atoms with van der Waals surface area (Å²) in [6.07, 6.45) is 4.82. The highest BCUT2D eigenvalue weighted by molar-refractivity contribution is 7.15. The lowest BCUT2D eigenvalue weighted by Crippen LogP contribution is -2.20. The second-order valence-corrected chi connectivity index (χ2v) is 7.26. The number of nitrogens with two attached hydrogens (primary N) is 1. The van der Waals surface area contributed by atoms with Crippen molar-refractivity contribution < 1.29 is 4.79 Å². The van der Waals surface area contributed by atoms with Gasteiger partial charge in [0.25, 0.3) is 0 Å². The summed E-state index contributed by atoms with van der Waals surface area (Å²) in [7, 11) is 0. The van der Waals surface area contributed by atoms with Gasteiger partial charge < -0.3 is 11.1 Å². The Balaban J connectivity index is 1.59. The zero-order valence-corrected chi connectivity index (χ0v) is 14.2. The van der Waals surface area contributed by atoms with Crippen LogP contribution in [0.15, 0.2) is 30.3 Å². The number of nitrogens with zero attached hydrogens (tertiary/aromatic N) is 1. The van der Waals surface area contributed by atoms with E-state index in [2.05, 4.69) is 17.2 Å². The van der Waals surface area contributed by atoms with Crippen LogP contribution in [-0.4, -0.2) is 10.9 Å². The summed E-state index contributed by atoms with van der Waals surface area (Å²) >= 11 is 1.62. The topological polar surface area (TPSA) is 68.0 Å². The van der Waals surface area contributed by atoms with Gasteiger partial charge in [0.2, 0.25) is 5.91 Å². The SMILES string of the molecule is CCC1CCc2nc(NC(=O)CC(N)c3ccccc3)sc2C1. The van der Waals surface area contributed by atoms with E-state index in [4.69, 9.17) is 5.73 Å². The Morgan fingerprint density at radius 3 is 2.96 bits per heavy atom. The van der Waals surface area contributed by atoms with Crippen LogP contribution in [0.3, 0.4) is 0 Å². The van der Waals surface area contributed by atoms with Crippen LogP contribution in [-0.2, 0) is 17.6 Å². The standard InChI is InChI=1S/C18H23N3OS/c1-2-12-8-9-15-16(10-12)23-18(20-15)21-17(22)11-14(19)13-6-4-3-5-7-13/h3-7,12,14H,2,8-11,19H2,1H3,(H,20,21,22). The number of hydrogen-bond donors (Lipinski definition) is 2. The van der Waals surface area contributed by atoms with Gasteiger partial charge in [-0.05, 0) is 30.7 Å². The maximum absolute atomic E-state index is 12.2. The third-order valence-corrected chi connectivity index (χ3v) is 5.53. The molecule has 1 aliphatic carbocycles. The summed E-state index contributed by atoms with van der Waals surface area (Å²) in [5.41, 5.74) is 8.25. The van der Waals surface area contributed by atoms with Crippen molar-refractivity contribution in [2.75, 3.05) is 5.32 Å². The third kappa shape index (κ3) is 3.98. The van der Waals surface area contributed by atoms with Gasteiger partial charge in [-0.15, -0.1) is 11.3 Å². The van der Waals surface area contributed by atoms with Crippen molar-refractivity contribution in [1.29, 1.82) is 0 Å². The summed E-state index contributed by atoms with van der Waals surface area (Å²) in [6, 6.07) is 9.43. The van der Waals surface area contributed by atoms with Crippen LogP contribution in [0.5, 0.6) is 0 Å². The highest BCUT2D eigenvalue weighted by atomic mass is 32.1. The van der Waals surface area contributed by atoms with E-state index in [1.807, 2.05) is 30.3 Å². The van der Waals surface area contributed by atoms with E-state index in [1.165, 1.54) is 23.4 Å². The van der Waals surface area contributed by atoms with Crippen molar-refractivity contribution in [2.45, 2.75) is 45.1 Å². The smallest absolute Gasteiger partial charge is 0.228 e. The van der Waals surface area contributed by atoms with E-state index in [1.54, 1.807) is 11.3 Å². The number of carbonyl (C=O) groups is 1. The number of amides is 1. The van der Waals surface area contributed by atoms with E-state index in [-0.39, 0.29) is 18.4 Å². The number of aromatic nitrogens is 1. The molecule has 0 radical (unpaired) electrons. The van der Waals surface area contributed by atoms with Crippen LogP contribution in [0.1, 0.15) is 48.4 Å². The van der Waals surface area contributed by atoms with E-state index in [9.17, 15) is 4.79 Å². The van der Waals surface area contributed by atoms with Gasteiger partial charge >= 0.3 is 0 Å². The molecule has 1 aromatic heterocycles. The molecule has 5 heteroatoms. The summed E-state index contributed by atoms with van der Waals surface area (Å²) in [6.45, 7) is 2.24. The highest BCUT2D eigenvalue weighted by Crippen LogP contribution is 2.33. The molecule has 0 saturated heterocycles. The molecule has 2 atom stereocenters. The van der Waals surface area contributed by atoms with Crippen molar-refractivity contribution in [3.8, 4) is 0 Å². The maximum atomic E-state index is 12.2. The molecule has 0 aliphatic heterocycles. The summed E-state index contributed by atoms with van der Waals surface area (Å²) < 4.78 is 0. The van der Waals surface area contributed by atoms with Crippen LogP contribution < -0.4 is 11.1 Å². The lowest BCUT2D eigenvalue weighted by Gasteiger charge is -2.18. The zero-order valence-electron chi connectivity index (χ0n) is 13.4. The molecule has 23 heavy (non-hydrogen) atoms. The number of fused-ring (bicyclic) bond motifs is 1. The quantitative estimate of drug-likeness (QED) is 0.879. The largest absolute Gasteiger partial charge is 0.324 e. The first-order chi connectivity index (χ1) is 11.2. The number of rotatable bonds is 5. The van der Waals surface area contributed by atoms with Crippen molar-refractivity contribution in [3.05, 3.63) is 46.5 Å². The number of hydrogen-bond acceptors (Lipinski definition) is 4. The Morgan fingerprint density at radius 2 is 2.22 bits per heavy atom. The lowest BCUT2D eigenvalue weighted by molar-refractivity contribution is -0.116. The molecule has 2 aromatic rings. The summed E-state index contributed by atoms with van der Waals surface area (Å²) in [5.74, 6) is 0.692. The number of nitrogens with one attached hydrogen (secondary N) is 1. The molecule has 1 aliphatic rings. The number of thiazole rings is 1. The van der Waals surface area contributed by atoms with Crippen LogP contribution >= 0.6 is 11.3 Å². The molecule has 0 bridgehead atoms. The highest BCUT2D eigenvalue weighted by Gasteiger charge is 2.22. The molecule has 122 valence electrons. The molecule has 1 heterocycles. The minimum atomic E-state index is -0.282. The van der Waals surface area contributed by atoms with Gasteiger partial charge in [-0.25, -0.2) is 4.98 Å². The van der Waals surface area contributed by atoms with Crippen LogP contribution in [0, 0.1) is 5.92 Å². The van der Waals surface area contributed by atoms with Crippen molar-refractivity contribution in [2.24, 2.45) is 11.7 Å². The molecular weight excluding hydrogens is 306 g/mol. The Labute approximate surface area is 141 Å². The first kappa shape index (κ1) is 16.1. The normalized spacial score (nSPS) is 18.3. The molecule has 0 fully saturated rings. The molecule has 2 unspecified atom stereocenters. The predicted octanol–water partition coefficient (Wildman–Crippen LogP) is 3.69. The Kier molecular flexibility index (Phi) is 5.08. The van der Waals surface area contributed by atoms with Crippen molar-refractivity contribution in [1.82, 2.24) is 4.98 Å². The summed E-state index contributed by atoms with van der Waals surface area (Å²) in [5, 5.41) is 3.64. The molecule has 4 nitrogen and oxygen atoms in total. The fourth-order valence-electron chi connectivity index (χ4n) is 3.03. The Hall–Kier alpha value is -1.72. The molecule has 3 N–H and O–H groups in total. The van der Waals surface area contributed by atoms with Gasteiger partial charge in [-0.1, -0.05) is 43.7 Å². The minimum absolute atomic E-state index is 0.0699. The first-order valence-corrected chi connectivity index (χ1v) is 9.06. The van der Waals surface area contributed by atoms with E-state index < -0.39 is 0 Å². The van der Waals surface area contributed by atoms with E-state index >= 15 is 0 Å².